The van der Waals surface area contributed by atoms with E-state index in [2.05, 4.69) is 16.9 Å². The largest absolute Gasteiger partial charge is 0.417 e. The van der Waals surface area contributed by atoms with Gasteiger partial charge in [0, 0.05) is 58.2 Å². The van der Waals surface area contributed by atoms with Gasteiger partial charge >= 0.3 is 6.18 Å². The number of nitrogen functional groups attached to an aromatic ring is 1. The van der Waals surface area contributed by atoms with Gasteiger partial charge in [-0.15, -0.1) is 11.8 Å². The molecule has 0 aliphatic carbocycles. The Morgan fingerprint density at radius 1 is 1.31 bits per heavy atom. The highest BCUT2D eigenvalue weighted by Gasteiger charge is 2.40. The Bertz CT molecular complexity index is 1680. The fraction of sp³-hybridized carbons (Fsp3) is 0.250. The van der Waals surface area contributed by atoms with E-state index in [4.69, 9.17) is 15.9 Å². The van der Waals surface area contributed by atoms with E-state index in [0.717, 1.165) is 29.5 Å². The van der Waals surface area contributed by atoms with Crippen molar-refractivity contribution in [2.24, 2.45) is 0 Å². The van der Waals surface area contributed by atoms with E-state index in [1.54, 1.807) is 13.8 Å². The molecule has 14 heteroatoms. The molecule has 0 bridgehead atoms. The second kappa shape index (κ2) is 11.1. The Labute approximate surface area is 247 Å². The Morgan fingerprint density at radius 3 is 2.62 bits per heavy atom. The van der Waals surface area contributed by atoms with Gasteiger partial charge in [-0.3, -0.25) is 15.1 Å². The Balaban J connectivity index is 1.76. The molecule has 0 saturated heterocycles. The lowest BCUT2D eigenvalue weighted by Crippen LogP contribution is -2.36. The van der Waals surface area contributed by atoms with Crippen LogP contribution >= 0.6 is 23.1 Å². The SMILES string of the molecule is C=CC(=O)N1C(C)=CN(C(=N)c2cc(C(F)(F)F)c(-c3ccc(F)c4sc(N)nc34)c3c2N[C@@H](COC)CS3)C=C1C. The van der Waals surface area contributed by atoms with Crippen LogP contribution in [0.4, 0.5) is 28.4 Å². The van der Waals surface area contributed by atoms with E-state index in [1.165, 1.54) is 47.1 Å². The van der Waals surface area contributed by atoms with Gasteiger partial charge in [-0.25, -0.2) is 9.37 Å². The fourth-order valence-corrected chi connectivity index (χ4v) is 7.07. The number of carbonyl (C=O) groups is 1. The lowest BCUT2D eigenvalue weighted by molar-refractivity contribution is -0.137. The summed E-state index contributed by atoms with van der Waals surface area (Å²) in [5, 5.41) is 12.4. The highest BCUT2D eigenvalue weighted by atomic mass is 32.2. The van der Waals surface area contributed by atoms with Crippen molar-refractivity contribution in [3.63, 3.8) is 0 Å². The molecule has 1 atom stereocenters. The highest BCUT2D eigenvalue weighted by Crippen LogP contribution is 2.51. The predicted molar refractivity (Wildman–Crippen MR) is 158 cm³/mol. The molecule has 2 aliphatic rings. The van der Waals surface area contributed by atoms with Gasteiger partial charge in [0.05, 0.1) is 34.1 Å². The lowest BCUT2D eigenvalue weighted by Gasteiger charge is -2.34. The number of fused-ring (bicyclic) bond motifs is 2. The number of amidine groups is 1. The maximum atomic E-state index is 14.8. The van der Waals surface area contributed by atoms with Gasteiger partial charge in [-0.2, -0.15) is 13.2 Å². The summed E-state index contributed by atoms with van der Waals surface area (Å²) >= 11 is 2.05. The number of hydrogen-bond acceptors (Lipinski definition) is 8. The maximum Gasteiger partial charge on any atom is 0.417 e. The number of rotatable bonds is 5. The van der Waals surface area contributed by atoms with E-state index in [1.807, 2.05) is 0 Å². The molecule has 0 radical (unpaired) electrons. The molecular weight excluding hydrogens is 592 g/mol. The monoisotopic (exact) mass is 618 g/mol. The zero-order chi connectivity index (χ0) is 30.5. The number of carbonyl (C=O) groups excluding carboxylic acids is 1. The number of amides is 1. The third-order valence-electron chi connectivity index (χ3n) is 6.78. The van der Waals surface area contributed by atoms with Crippen molar-refractivity contribution in [3.05, 3.63) is 71.6 Å². The van der Waals surface area contributed by atoms with Crippen LogP contribution in [0.25, 0.3) is 21.3 Å². The number of benzene rings is 2. The van der Waals surface area contributed by atoms with Gasteiger partial charge in [-0.05, 0) is 38.1 Å². The van der Waals surface area contributed by atoms with Gasteiger partial charge in [0.2, 0.25) is 0 Å². The number of methoxy groups -OCH3 is 1. The molecule has 2 aliphatic heterocycles. The van der Waals surface area contributed by atoms with Gasteiger partial charge in [0.1, 0.15) is 11.7 Å². The molecule has 8 nitrogen and oxygen atoms in total. The molecular formula is C28H26F4N6O2S2. The standard InChI is InChI=1S/C28H26F4N6O2S2/c1-5-20(39)38-13(2)9-37(10-14(38)3)26(33)17-8-18(28(30,31)32)21(25-23(17)35-15(11-40-4)12-41-25)16-6-7-19(29)24-22(16)36-27(34)42-24/h5-10,15,33,35H,1,11-12H2,2-4H3,(H2,34,36)/t15-/m0/s1. The number of nitrogens with one attached hydrogen (secondary N) is 2. The normalized spacial score (nSPS) is 17.0. The molecule has 5 rings (SSSR count). The van der Waals surface area contributed by atoms with Gasteiger partial charge in [0.25, 0.3) is 5.91 Å². The van der Waals surface area contributed by atoms with Crippen LogP contribution in [-0.2, 0) is 15.7 Å². The summed E-state index contributed by atoms with van der Waals surface area (Å²) in [6.07, 6.45) is -0.693. The first kappa shape index (κ1) is 29.6. The summed E-state index contributed by atoms with van der Waals surface area (Å²) in [6.45, 7) is 7.09. The van der Waals surface area contributed by atoms with Crippen LogP contribution in [0.1, 0.15) is 25.0 Å². The number of ether oxygens (including phenoxy) is 1. The predicted octanol–water partition coefficient (Wildman–Crippen LogP) is 6.61. The smallest absolute Gasteiger partial charge is 0.383 e. The van der Waals surface area contributed by atoms with Crippen LogP contribution in [0.5, 0.6) is 0 Å². The van der Waals surface area contributed by atoms with Crippen molar-refractivity contribution in [3.8, 4) is 11.1 Å². The maximum absolute atomic E-state index is 14.8. The summed E-state index contributed by atoms with van der Waals surface area (Å²) in [5.74, 6) is -0.876. The zero-order valence-electron chi connectivity index (χ0n) is 22.7. The Morgan fingerprint density at radius 2 is 2.00 bits per heavy atom. The molecule has 0 unspecified atom stereocenters. The summed E-state index contributed by atoms with van der Waals surface area (Å²) in [4.78, 5) is 19.5. The van der Waals surface area contributed by atoms with Crippen molar-refractivity contribution >= 4 is 55.9 Å². The summed E-state index contributed by atoms with van der Waals surface area (Å²) in [7, 11) is 1.52. The van der Waals surface area contributed by atoms with Crippen LogP contribution in [0, 0.1) is 11.2 Å². The number of aromatic nitrogens is 1. The number of anilines is 2. The summed E-state index contributed by atoms with van der Waals surface area (Å²) in [6, 6.07) is 3.06. The van der Waals surface area contributed by atoms with Crippen LogP contribution in [0.2, 0.25) is 0 Å². The number of nitrogens with two attached hydrogens (primary N) is 1. The summed E-state index contributed by atoms with van der Waals surface area (Å²) < 4.78 is 64.5. The molecule has 3 aromatic rings. The molecule has 3 heterocycles. The van der Waals surface area contributed by atoms with Crippen molar-refractivity contribution in [1.29, 1.82) is 5.41 Å². The zero-order valence-corrected chi connectivity index (χ0v) is 24.4. The summed E-state index contributed by atoms with van der Waals surface area (Å²) in [5.41, 5.74) is 6.01. The number of halogens is 4. The van der Waals surface area contributed by atoms with Crippen LogP contribution in [-0.4, -0.2) is 52.0 Å². The van der Waals surface area contributed by atoms with E-state index >= 15 is 0 Å². The van der Waals surface area contributed by atoms with Crippen molar-refractivity contribution in [1.82, 2.24) is 14.8 Å². The molecule has 220 valence electrons. The van der Waals surface area contributed by atoms with Crippen molar-refractivity contribution in [2.75, 3.05) is 30.5 Å². The minimum atomic E-state index is -4.84. The average Bonchev–Trinajstić information content (AvgIpc) is 3.33. The van der Waals surface area contributed by atoms with Gasteiger partial charge in [-0.1, -0.05) is 17.9 Å². The highest BCUT2D eigenvalue weighted by molar-refractivity contribution is 7.99. The van der Waals surface area contributed by atoms with Crippen molar-refractivity contribution < 1.29 is 27.1 Å². The van der Waals surface area contributed by atoms with Gasteiger partial charge < -0.3 is 20.7 Å². The first-order chi connectivity index (χ1) is 19.8. The first-order valence-corrected chi connectivity index (χ1v) is 14.4. The number of nitrogens with zero attached hydrogens (tertiary/aromatic N) is 3. The number of hydrogen-bond donors (Lipinski definition) is 3. The Hall–Kier alpha value is -3.88. The molecule has 1 aromatic heterocycles. The topological polar surface area (TPSA) is 108 Å². The fourth-order valence-electron chi connectivity index (χ4n) is 5.08. The molecule has 0 spiro atoms. The minimum Gasteiger partial charge on any atom is -0.383 e. The molecule has 4 N–H and O–H groups in total. The van der Waals surface area contributed by atoms with Crippen LogP contribution in [0.15, 0.2) is 59.5 Å². The number of thioether (sulfide) groups is 1. The van der Waals surface area contributed by atoms with E-state index in [9.17, 15) is 22.4 Å². The first-order valence-electron chi connectivity index (χ1n) is 12.6. The third-order valence-corrected chi connectivity index (χ3v) is 8.94. The molecule has 1 amide bonds. The molecule has 2 aromatic carbocycles. The lowest BCUT2D eigenvalue weighted by atomic mass is 9.93. The molecule has 42 heavy (non-hydrogen) atoms. The molecule has 0 fully saturated rings. The van der Waals surface area contributed by atoms with Crippen LogP contribution < -0.4 is 11.1 Å². The van der Waals surface area contributed by atoms with E-state index in [0.29, 0.717) is 22.8 Å². The number of thiazole rings is 1. The Kier molecular flexibility index (Phi) is 7.81. The second-order valence-electron chi connectivity index (χ2n) is 9.66. The van der Waals surface area contributed by atoms with Gasteiger partial charge in [0.15, 0.2) is 5.13 Å². The third kappa shape index (κ3) is 5.14. The second-order valence-corrected chi connectivity index (χ2v) is 11.7. The van der Waals surface area contributed by atoms with E-state index < -0.39 is 17.6 Å². The molecule has 0 saturated carbocycles. The van der Waals surface area contributed by atoms with Crippen molar-refractivity contribution in [2.45, 2.75) is 31.0 Å². The average molecular weight is 619 g/mol. The van der Waals surface area contributed by atoms with Crippen LogP contribution in [0.3, 0.4) is 0 Å². The minimum absolute atomic E-state index is 0.0119. The number of allylic oxidation sites excluding steroid dienone is 2. The quantitative estimate of drug-likeness (QED) is 0.128. The van der Waals surface area contributed by atoms with E-state index in [-0.39, 0.29) is 61.3 Å². The number of alkyl halides is 3.